The number of amides is 2. The number of rotatable bonds is 6. The third-order valence-electron chi connectivity index (χ3n) is 4.16. The van der Waals surface area contributed by atoms with E-state index in [1.807, 2.05) is 20.8 Å². The second kappa shape index (κ2) is 8.84. The van der Waals surface area contributed by atoms with Crippen LogP contribution in [0.15, 0.2) is 0 Å². The number of nitrogens with zero attached hydrogens (tertiary/aromatic N) is 1. The summed E-state index contributed by atoms with van der Waals surface area (Å²) in [6.45, 7) is 5.90. The third kappa shape index (κ3) is 6.04. The molecule has 2 rings (SSSR count). The molecule has 0 saturated carbocycles. The van der Waals surface area contributed by atoms with E-state index < -0.39 is 5.97 Å². The Hall–Kier alpha value is -1.93. The SMILES string of the molecule is COC(=O)c1c(NC(=O)CN(C)CC(=O)NC(C)(C)C)sc2c1CCCC2. The number of hydrogen-bond donors (Lipinski definition) is 2. The highest BCUT2D eigenvalue weighted by molar-refractivity contribution is 7.17. The average Bonchev–Trinajstić information content (AvgIpc) is 2.89. The van der Waals surface area contributed by atoms with Gasteiger partial charge >= 0.3 is 5.97 Å². The second-order valence-electron chi connectivity index (χ2n) is 7.93. The summed E-state index contributed by atoms with van der Waals surface area (Å²) >= 11 is 1.45. The molecule has 0 aliphatic heterocycles. The van der Waals surface area contributed by atoms with Crippen molar-refractivity contribution in [2.45, 2.75) is 52.0 Å². The van der Waals surface area contributed by atoms with Crippen LogP contribution in [0.1, 0.15) is 54.4 Å². The number of carbonyl (C=O) groups excluding carboxylic acids is 3. The first-order valence-electron chi connectivity index (χ1n) is 9.13. The third-order valence-corrected chi connectivity index (χ3v) is 5.36. The maximum absolute atomic E-state index is 12.4. The average molecular weight is 396 g/mol. The molecule has 0 unspecified atom stereocenters. The minimum atomic E-state index is -0.414. The number of thiophene rings is 1. The van der Waals surface area contributed by atoms with E-state index >= 15 is 0 Å². The lowest BCUT2D eigenvalue weighted by atomic mass is 9.95. The molecule has 1 aromatic heterocycles. The van der Waals surface area contributed by atoms with E-state index in [2.05, 4.69) is 10.6 Å². The Balaban J connectivity index is 2.02. The first kappa shape index (κ1) is 21.4. The van der Waals surface area contributed by atoms with Crippen LogP contribution in [0.2, 0.25) is 0 Å². The highest BCUT2D eigenvalue weighted by Crippen LogP contribution is 2.38. The molecule has 1 aliphatic rings. The fourth-order valence-electron chi connectivity index (χ4n) is 3.14. The maximum atomic E-state index is 12.4. The number of fused-ring (bicyclic) bond motifs is 1. The van der Waals surface area contributed by atoms with Crippen LogP contribution in [0.3, 0.4) is 0 Å². The Labute approximate surface area is 164 Å². The molecule has 2 amide bonds. The van der Waals surface area contributed by atoms with Gasteiger partial charge in [0.05, 0.1) is 25.8 Å². The van der Waals surface area contributed by atoms with Crippen molar-refractivity contribution in [3.8, 4) is 0 Å². The van der Waals surface area contributed by atoms with E-state index in [0.29, 0.717) is 10.6 Å². The van der Waals surface area contributed by atoms with E-state index in [1.165, 1.54) is 18.4 Å². The van der Waals surface area contributed by atoms with Crippen LogP contribution in [0.25, 0.3) is 0 Å². The molecule has 0 radical (unpaired) electrons. The number of aryl methyl sites for hydroxylation is 1. The van der Waals surface area contributed by atoms with Crippen molar-refractivity contribution in [3.63, 3.8) is 0 Å². The van der Waals surface area contributed by atoms with Gasteiger partial charge in [0.15, 0.2) is 0 Å². The Morgan fingerprint density at radius 3 is 2.37 bits per heavy atom. The fraction of sp³-hybridized carbons (Fsp3) is 0.632. The molecular weight excluding hydrogens is 366 g/mol. The summed E-state index contributed by atoms with van der Waals surface area (Å²) in [6.07, 6.45) is 3.88. The van der Waals surface area contributed by atoms with Gasteiger partial charge in [-0.15, -0.1) is 11.3 Å². The van der Waals surface area contributed by atoms with Gasteiger partial charge in [-0.2, -0.15) is 0 Å². The van der Waals surface area contributed by atoms with Gasteiger partial charge in [-0.05, 0) is 59.1 Å². The molecule has 1 aliphatic carbocycles. The Kier molecular flexibility index (Phi) is 7.00. The van der Waals surface area contributed by atoms with Gasteiger partial charge in [0.25, 0.3) is 0 Å². The minimum absolute atomic E-state index is 0.0563. The van der Waals surface area contributed by atoms with E-state index in [9.17, 15) is 14.4 Å². The van der Waals surface area contributed by atoms with Crippen LogP contribution in [-0.2, 0) is 27.2 Å². The molecule has 8 heteroatoms. The minimum Gasteiger partial charge on any atom is -0.465 e. The molecule has 0 spiro atoms. The Bertz CT molecular complexity index is 721. The summed E-state index contributed by atoms with van der Waals surface area (Å²) in [4.78, 5) is 39.4. The summed E-state index contributed by atoms with van der Waals surface area (Å²) in [5.41, 5.74) is 1.18. The normalized spacial score (nSPS) is 13.9. The van der Waals surface area contributed by atoms with Gasteiger partial charge in [0, 0.05) is 10.4 Å². The Morgan fingerprint density at radius 1 is 1.11 bits per heavy atom. The number of anilines is 1. The van der Waals surface area contributed by atoms with Crippen molar-refractivity contribution in [1.82, 2.24) is 10.2 Å². The smallest absolute Gasteiger partial charge is 0.341 e. The summed E-state index contributed by atoms with van der Waals surface area (Å²) in [7, 11) is 3.06. The standard InChI is InChI=1S/C19H29N3O4S/c1-19(2,3)21-15(24)11-22(4)10-14(23)20-17-16(18(25)26-5)12-8-6-7-9-13(12)27-17/h6-11H2,1-5H3,(H,20,23)(H,21,24). The Morgan fingerprint density at radius 2 is 1.74 bits per heavy atom. The molecule has 0 aromatic carbocycles. The van der Waals surface area contributed by atoms with Gasteiger partial charge in [-0.3, -0.25) is 14.5 Å². The highest BCUT2D eigenvalue weighted by atomic mass is 32.1. The first-order valence-corrected chi connectivity index (χ1v) is 9.94. The van der Waals surface area contributed by atoms with Crippen molar-refractivity contribution in [2.24, 2.45) is 0 Å². The number of methoxy groups -OCH3 is 1. The zero-order valence-electron chi connectivity index (χ0n) is 16.7. The molecule has 150 valence electrons. The number of ether oxygens (including phenoxy) is 1. The zero-order chi connectivity index (χ0) is 20.2. The van der Waals surface area contributed by atoms with Crippen LogP contribution in [0.5, 0.6) is 0 Å². The summed E-state index contributed by atoms with van der Waals surface area (Å²) < 4.78 is 4.92. The number of nitrogens with one attached hydrogen (secondary N) is 2. The van der Waals surface area contributed by atoms with Crippen molar-refractivity contribution >= 4 is 34.1 Å². The van der Waals surface area contributed by atoms with Crippen molar-refractivity contribution < 1.29 is 19.1 Å². The number of likely N-dealkylation sites (N-methyl/N-ethyl adjacent to an activating group) is 1. The van der Waals surface area contributed by atoms with Gasteiger partial charge in [-0.25, -0.2) is 4.79 Å². The second-order valence-corrected chi connectivity index (χ2v) is 9.03. The number of hydrogen-bond acceptors (Lipinski definition) is 6. The zero-order valence-corrected chi connectivity index (χ0v) is 17.5. The van der Waals surface area contributed by atoms with Crippen LogP contribution in [0.4, 0.5) is 5.00 Å². The molecule has 1 aromatic rings. The van der Waals surface area contributed by atoms with E-state index in [1.54, 1.807) is 11.9 Å². The maximum Gasteiger partial charge on any atom is 0.341 e. The predicted molar refractivity (Wildman–Crippen MR) is 106 cm³/mol. The largest absolute Gasteiger partial charge is 0.465 e. The summed E-state index contributed by atoms with van der Waals surface area (Å²) in [6, 6.07) is 0. The van der Waals surface area contributed by atoms with E-state index in [4.69, 9.17) is 4.74 Å². The van der Waals surface area contributed by atoms with Gasteiger partial charge in [-0.1, -0.05) is 0 Å². The molecule has 0 atom stereocenters. The topological polar surface area (TPSA) is 87.7 Å². The van der Waals surface area contributed by atoms with E-state index in [0.717, 1.165) is 36.1 Å². The van der Waals surface area contributed by atoms with Crippen LogP contribution >= 0.6 is 11.3 Å². The number of esters is 1. The quantitative estimate of drug-likeness (QED) is 0.721. The summed E-state index contributed by atoms with van der Waals surface area (Å²) in [5.74, 6) is -0.813. The first-order chi connectivity index (χ1) is 12.6. The highest BCUT2D eigenvalue weighted by Gasteiger charge is 2.27. The lowest BCUT2D eigenvalue weighted by Gasteiger charge is -2.23. The molecule has 7 nitrogen and oxygen atoms in total. The number of carbonyl (C=O) groups is 3. The van der Waals surface area contributed by atoms with E-state index in [-0.39, 0.29) is 30.4 Å². The van der Waals surface area contributed by atoms with Gasteiger partial charge < -0.3 is 15.4 Å². The van der Waals surface area contributed by atoms with Crippen molar-refractivity contribution in [2.75, 3.05) is 32.6 Å². The fourth-order valence-corrected chi connectivity index (χ4v) is 4.44. The molecule has 0 fully saturated rings. The monoisotopic (exact) mass is 395 g/mol. The van der Waals surface area contributed by atoms with Crippen molar-refractivity contribution in [1.29, 1.82) is 0 Å². The molecule has 1 heterocycles. The van der Waals surface area contributed by atoms with Gasteiger partial charge in [0.2, 0.25) is 11.8 Å². The summed E-state index contributed by atoms with van der Waals surface area (Å²) in [5, 5.41) is 6.25. The molecule has 0 bridgehead atoms. The molecule has 27 heavy (non-hydrogen) atoms. The molecule has 0 saturated heterocycles. The van der Waals surface area contributed by atoms with Crippen LogP contribution < -0.4 is 10.6 Å². The predicted octanol–water partition coefficient (Wildman–Crippen LogP) is 2.20. The molecular formula is C19H29N3O4S. The lowest BCUT2D eigenvalue weighted by Crippen LogP contribution is -2.46. The van der Waals surface area contributed by atoms with Crippen molar-refractivity contribution in [3.05, 3.63) is 16.0 Å². The lowest BCUT2D eigenvalue weighted by molar-refractivity contribution is -0.124. The molecule has 2 N–H and O–H groups in total. The van der Waals surface area contributed by atoms with Gasteiger partial charge in [0.1, 0.15) is 5.00 Å². The van der Waals surface area contributed by atoms with Crippen LogP contribution in [0, 0.1) is 0 Å². The van der Waals surface area contributed by atoms with Crippen LogP contribution in [-0.4, -0.2) is 55.5 Å².